The average molecular weight is 210 g/mol. The lowest BCUT2D eigenvalue weighted by Crippen LogP contribution is -2.49. The van der Waals surface area contributed by atoms with Gasteiger partial charge in [-0.2, -0.15) is 0 Å². The van der Waals surface area contributed by atoms with Gasteiger partial charge >= 0.3 is 0 Å². The molecule has 1 heterocycles. The van der Waals surface area contributed by atoms with Crippen molar-refractivity contribution in [3.8, 4) is 0 Å². The van der Waals surface area contributed by atoms with Crippen molar-refractivity contribution in [1.82, 2.24) is 10.2 Å². The highest BCUT2D eigenvalue weighted by Gasteiger charge is 2.38. The number of rotatable bonds is 4. The molecule has 0 spiro atoms. The molecule has 2 nitrogen and oxygen atoms in total. The van der Waals surface area contributed by atoms with Crippen LogP contribution in [0, 0.1) is 11.3 Å². The van der Waals surface area contributed by atoms with E-state index in [0.717, 1.165) is 5.92 Å². The third-order valence-corrected chi connectivity index (χ3v) is 4.40. The summed E-state index contributed by atoms with van der Waals surface area (Å²) < 4.78 is 0. The maximum absolute atomic E-state index is 3.38. The normalized spacial score (nSPS) is 27.6. The van der Waals surface area contributed by atoms with E-state index >= 15 is 0 Å². The van der Waals surface area contributed by atoms with Crippen LogP contribution in [0.2, 0.25) is 0 Å². The van der Waals surface area contributed by atoms with E-state index in [-0.39, 0.29) is 0 Å². The van der Waals surface area contributed by atoms with E-state index in [0.29, 0.717) is 5.41 Å². The van der Waals surface area contributed by atoms with Gasteiger partial charge in [-0.3, -0.25) is 0 Å². The first-order chi connectivity index (χ1) is 7.24. The van der Waals surface area contributed by atoms with Crippen molar-refractivity contribution in [3.05, 3.63) is 0 Å². The summed E-state index contributed by atoms with van der Waals surface area (Å²) >= 11 is 0. The number of piperidine rings is 1. The van der Waals surface area contributed by atoms with Crippen LogP contribution < -0.4 is 5.32 Å². The summed E-state index contributed by atoms with van der Waals surface area (Å²) in [5, 5.41) is 3.38. The SMILES string of the molecule is CNCC1(CN2CCC(C)CC2)CCC1. The van der Waals surface area contributed by atoms with E-state index in [2.05, 4.69) is 24.2 Å². The molecular formula is C13H26N2. The highest BCUT2D eigenvalue weighted by Crippen LogP contribution is 2.41. The van der Waals surface area contributed by atoms with Gasteiger partial charge in [0, 0.05) is 13.1 Å². The molecule has 0 unspecified atom stereocenters. The molecule has 0 bridgehead atoms. The van der Waals surface area contributed by atoms with Gasteiger partial charge in [-0.15, -0.1) is 0 Å². The Bertz CT molecular complexity index is 191. The fraction of sp³-hybridized carbons (Fsp3) is 1.00. The van der Waals surface area contributed by atoms with E-state index in [1.165, 1.54) is 58.3 Å². The Kier molecular flexibility index (Phi) is 3.68. The van der Waals surface area contributed by atoms with Gasteiger partial charge in [0.2, 0.25) is 0 Å². The summed E-state index contributed by atoms with van der Waals surface area (Å²) in [6.45, 7) is 7.64. The first-order valence-corrected chi connectivity index (χ1v) is 6.61. The minimum absolute atomic E-state index is 0.634. The van der Waals surface area contributed by atoms with Crippen LogP contribution in [0.15, 0.2) is 0 Å². The summed E-state index contributed by atoms with van der Waals surface area (Å²) in [7, 11) is 2.10. The topological polar surface area (TPSA) is 15.3 Å². The van der Waals surface area contributed by atoms with Crippen LogP contribution in [-0.2, 0) is 0 Å². The highest BCUT2D eigenvalue weighted by molar-refractivity contribution is 4.92. The van der Waals surface area contributed by atoms with Gasteiger partial charge in [0.25, 0.3) is 0 Å². The maximum atomic E-state index is 3.38. The van der Waals surface area contributed by atoms with E-state index < -0.39 is 0 Å². The van der Waals surface area contributed by atoms with Gasteiger partial charge in [0.15, 0.2) is 0 Å². The van der Waals surface area contributed by atoms with Crippen LogP contribution in [0.25, 0.3) is 0 Å². The molecule has 0 aromatic rings. The van der Waals surface area contributed by atoms with E-state index in [9.17, 15) is 0 Å². The summed E-state index contributed by atoms with van der Waals surface area (Å²) in [6, 6.07) is 0. The number of likely N-dealkylation sites (tertiary alicyclic amines) is 1. The van der Waals surface area contributed by atoms with Crippen LogP contribution in [-0.4, -0.2) is 38.1 Å². The monoisotopic (exact) mass is 210 g/mol. The zero-order valence-corrected chi connectivity index (χ0v) is 10.4. The van der Waals surface area contributed by atoms with Crippen LogP contribution >= 0.6 is 0 Å². The first-order valence-electron chi connectivity index (χ1n) is 6.61. The predicted octanol–water partition coefficient (Wildman–Crippen LogP) is 2.11. The molecule has 0 amide bonds. The summed E-state index contributed by atoms with van der Waals surface area (Å²) in [6.07, 6.45) is 7.16. The van der Waals surface area contributed by atoms with Gasteiger partial charge in [-0.05, 0) is 57.2 Å². The molecule has 1 aliphatic carbocycles. The zero-order chi connectivity index (χ0) is 10.7. The summed E-state index contributed by atoms with van der Waals surface area (Å²) in [5.74, 6) is 0.961. The van der Waals surface area contributed by atoms with Crippen molar-refractivity contribution >= 4 is 0 Å². The molecule has 88 valence electrons. The molecule has 0 atom stereocenters. The minimum atomic E-state index is 0.634. The van der Waals surface area contributed by atoms with Crippen molar-refractivity contribution in [2.75, 3.05) is 33.2 Å². The summed E-state index contributed by atoms with van der Waals surface area (Å²) in [5.41, 5.74) is 0.634. The van der Waals surface area contributed by atoms with Crippen LogP contribution in [0.4, 0.5) is 0 Å². The number of hydrogen-bond acceptors (Lipinski definition) is 2. The summed E-state index contributed by atoms with van der Waals surface area (Å²) in [4.78, 5) is 2.70. The molecule has 2 rings (SSSR count). The second-order valence-electron chi connectivity index (χ2n) is 5.84. The fourth-order valence-electron chi connectivity index (χ4n) is 3.14. The maximum Gasteiger partial charge on any atom is 0.00501 e. The molecule has 0 radical (unpaired) electrons. The lowest BCUT2D eigenvalue weighted by molar-refractivity contribution is 0.0513. The number of hydrogen-bond donors (Lipinski definition) is 1. The molecular weight excluding hydrogens is 184 g/mol. The van der Waals surface area contributed by atoms with Gasteiger partial charge < -0.3 is 10.2 Å². The zero-order valence-electron chi connectivity index (χ0n) is 10.4. The number of nitrogens with one attached hydrogen (secondary N) is 1. The van der Waals surface area contributed by atoms with Crippen molar-refractivity contribution in [3.63, 3.8) is 0 Å². The Balaban J connectivity index is 1.79. The second-order valence-corrected chi connectivity index (χ2v) is 5.84. The quantitative estimate of drug-likeness (QED) is 0.764. The molecule has 1 aliphatic heterocycles. The molecule has 0 aromatic carbocycles. The predicted molar refractivity (Wildman–Crippen MR) is 65.0 cm³/mol. The van der Waals surface area contributed by atoms with Crippen LogP contribution in [0.5, 0.6) is 0 Å². The third kappa shape index (κ3) is 2.73. The largest absolute Gasteiger partial charge is 0.319 e. The molecule has 1 saturated carbocycles. The van der Waals surface area contributed by atoms with Crippen LogP contribution in [0.3, 0.4) is 0 Å². The van der Waals surface area contributed by atoms with E-state index in [4.69, 9.17) is 0 Å². The van der Waals surface area contributed by atoms with Gasteiger partial charge in [-0.1, -0.05) is 13.3 Å². The smallest absolute Gasteiger partial charge is 0.00501 e. The molecule has 0 aromatic heterocycles. The fourth-order valence-corrected chi connectivity index (χ4v) is 3.14. The lowest BCUT2D eigenvalue weighted by atomic mass is 9.68. The van der Waals surface area contributed by atoms with Crippen molar-refractivity contribution in [2.24, 2.45) is 11.3 Å². The first kappa shape index (κ1) is 11.4. The van der Waals surface area contributed by atoms with Crippen molar-refractivity contribution < 1.29 is 0 Å². The van der Waals surface area contributed by atoms with Gasteiger partial charge in [0.05, 0.1) is 0 Å². The average Bonchev–Trinajstić information content (AvgIpc) is 2.18. The molecule has 1 saturated heterocycles. The molecule has 1 N–H and O–H groups in total. The molecule has 2 fully saturated rings. The third-order valence-electron chi connectivity index (χ3n) is 4.40. The molecule has 2 heteroatoms. The number of nitrogens with zero attached hydrogens (tertiary/aromatic N) is 1. The van der Waals surface area contributed by atoms with Gasteiger partial charge in [0.1, 0.15) is 0 Å². The molecule has 2 aliphatic rings. The van der Waals surface area contributed by atoms with Gasteiger partial charge in [-0.25, -0.2) is 0 Å². The second kappa shape index (κ2) is 4.84. The Labute approximate surface area is 94.4 Å². The van der Waals surface area contributed by atoms with Crippen LogP contribution in [0.1, 0.15) is 39.0 Å². The Morgan fingerprint density at radius 3 is 2.40 bits per heavy atom. The Morgan fingerprint density at radius 2 is 1.93 bits per heavy atom. The van der Waals surface area contributed by atoms with E-state index in [1.54, 1.807) is 0 Å². The van der Waals surface area contributed by atoms with Crippen molar-refractivity contribution in [1.29, 1.82) is 0 Å². The standard InChI is InChI=1S/C13H26N2/c1-12-4-8-15(9-5-12)11-13(10-14-2)6-3-7-13/h12,14H,3-11H2,1-2H3. The van der Waals surface area contributed by atoms with E-state index in [1.807, 2.05) is 0 Å². The molecule has 15 heavy (non-hydrogen) atoms. The Morgan fingerprint density at radius 1 is 1.27 bits per heavy atom. The lowest BCUT2D eigenvalue weighted by Gasteiger charge is -2.46. The van der Waals surface area contributed by atoms with Crippen molar-refractivity contribution in [2.45, 2.75) is 39.0 Å². The Hall–Kier alpha value is -0.0800. The minimum Gasteiger partial charge on any atom is -0.319 e. The highest BCUT2D eigenvalue weighted by atomic mass is 15.1.